The molecule has 0 bridgehead atoms. The summed E-state index contributed by atoms with van der Waals surface area (Å²) >= 11 is 3.26. The Morgan fingerprint density at radius 1 is 1.56 bits per heavy atom. The van der Waals surface area contributed by atoms with E-state index < -0.39 is 5.97 Å². The predicted octanol–water partition coefficient (Wildman–Crippen LogP) is 3.75. The molecule has 88 valence electrons. The van der Waals surface area contributed by atoms with Crippen LogP contribution in [0.25, 0.3) is 0 Å². The molecule has 2 N–H and O–H groups in total. The van der Waals surface area contributed by atoms with Gasteiger partial charge in [0.15, 0.2) is 0 Å². The molecule has 16 heavy (non-hydrogen) atoms. The minimum absolute atomic E-state index is 0.275. The standard InChI is InChI=1S/C12H16BrNO2/c1-3-5-8(2)14-10-7-4-6-9(13)11(10)12(15)16/h4,6-8,14H,3,5H2,1-2H3,(H,15,16). The van der Waals surface area contributed by atoms with E-state index in [1.165, 1.54) is 0 Å². The maximum atomic E-state index is 11.1. The van der Waals surface area contributed by atoms with E-state index >= 15 is 0 Å². The zero-order chi connectivity index (χ0) is 12.1. The molecule has 1 atom stereocenters. The molecule has 1 unspecified atom stereocenters. The van der Waals surface area contributed by atoms with Crippen LogP contribution in [-0.4, -0.2) is 17.1 Å². The summed E-state index contributed by atoms with van der Waals surface area (Å²) in [6, 6.07) is 5.63. The molecule has 0 saturated carbocycles. The van der Waals surface area contributed by atoms with E-state index in [0.717, 1.165) is 12.8 Å². The van der Waals surface area contributed by atoms with Gasteiger partial charge >= 0.3 is 5.97 Å². The SMILES string of the molecule is CCCC(C)Nc1cccc(Br)c1C(=O)O. The Hall–Kier alpha value is -1.03. The van der Waals surface area contributed by atoms with Crippen molar-refractivity contribution in [2.75, 3.05) is 5.32 Å². The predicted molar refractivity (Wildman–Crippen MR) is 69.1 cm³/mol. The lowest BCUT2D eigenvalue weighted by atomic mass is 10.1. The first-order valence-corrected chi connectivity index (χ1v) is 6.14. The molecule has 4 heteroatoms. The first-order valence-electron chi connectivity index (χ1n) is 5.34. The van der Waals surface area contributed by atoms with E-state index in [0.29, 0.717) is 15.7 Å². The van der Waals surface area contributed by atoms with E-state index in [1.54, 1.807) is 12.1 Å². The van der Waals surface area contributed by atoms with Gasteiger partial charge in [-0.2, -0.15) is 0 Å². The van der Waals surface area contributed by atoms with Gasteiger partial charge in [-0.25, -0.2) is 4.79 Å². The molecule has 0 aliphatic heterocycles. The zero-order valence-corrected chi connectivity index (χ0v) is 11.0. The molecular formula is C12H16BrNO2. The van der Waals surface area contributed by atoms with Gasteiger partial charge in [0.05, 0.1) is 11.3 Å². The topological polar surface area (TPSA) is 49.3 Å². The van der Waals surface area contributed by atoms with Gasteiger partial charge in [0.2, 0.25) is 0 Å². The first-order chi connectivity index (χ1) is 7.56. The van der Waals surface area contributed by atoms with Crippen molar-refractivity contribution in [2.45, 2.75) is 32.7 Å². The number of nitrogens with one attached hydrogen (secondary N) is 1. The Balaban J connectivity index is 2.95. The number of benzene rings is 1. The Morgan fingerprint density at radius 3 is 2.81 bits per heavy atom. The molecule has 3 nitrogen and oxygen atoms in total. The number of carbonyl (C=O) groups is 1. The quantitative estimate of drug-likeness (QED) is 0.866. The molecule has 0 fully saturated rings. The summed E-state index contributed by atoms with van der Waals surface area (Å²) in [6.07, 6.45) is 2.09. The van der Waals surface area contributed by atoms with Gasteiger partial charge < -0.3 is 10.4 Å². The molecule has 0 saturated heterocycles. The molecule has 0 spiro atoms. The molecule has 0 amide bonds. The number of halogens is 1. The highest BCUT2D eigenvalue weighted by Crippen LogP contribution is 2.25. The van der Waals surface area contributed by atoms with Gasteiger partial charge in [-0.05, 0) is 41.4 Å². The second-order valence-corrected chi connectivity index (χ2v) is 4.66. The van der Waals surface area contributed by atoms with Crippen LogP contribution in [-0.2, 0) is 0 Å². The van der Waals surface area contributed by atoms with E-state index in [4.69, 9.17) is 5.11 Å². The van der Waals surface area contributed by atoms with E-state index in [1.807, 2.05) is 6.07 Å². The maximum absolute atomic E-state index is 11.1. The second-order valence-electron chi connectivity index (χ2n) is 3.80. The highest BCUT2D eigenvalue weighted by atomic mass is 79.9. The largest absolute Gasteiger partial charge is 0.478 e. The minimum atomic E-state index is -0.918. The van der Waals surface area contributed by atoms with E-state index in [2.05, 4.69) is 35.1 Å². The van der Waals surface area contributed by atoms with Gasteiger partial charge in [0, 0.05) is 10.5 Å². The van der Waals surface area contributed by atoms with Crippen molar-refractivity contribution in [1.29, 1.82) is 0 Å². The Morgan fingerprint density at radius 2 is 2.25 bits per heavy atom. The smallest absolute Gasteiger partial charge is 0.338 e. The van der Waals surface area contributed by atoms with Crippen molar-refractivity contribution in [1.82, 2.24) is 0 Å². The Bertz CT molecular complexity index is 379. The van der Waals surface area contributed by atoms with Crippen LogP contribution in [0.1, 0.15) is 37.0 Å². The molecule has 0 aromatic heterocycles. The third-order valence-corrected chi connectivity index (χ3v) is 3.01. The van der Waals surface area contributed by atoms with Crippen LogP contribution in [0.3, 0.4) is 0 Å². The average Bonchev–Trinajstić information content (AvgIpc) is 2.17. The minimum Gasteiger partial charge on any atom is -0.478 e. The van der Waals surface area contributed by atoms with Gasteiger partial charge in [0.25, 0.3) is 0 Å². The molecule has 1 rings (SSSR count). The van der Waals surface area contributed by atoms with E-state index in [9.17, 15) is 4.79 Å². The van der Waals surface area contributed by atoms with Crippen LogP contribution >= 0.6 is 15.9 Å². The number of anilines is 1. The summed E-state index contributed by atoms with van der Waals surface area (Å²) < 4.78 is 0.605. The third-order valence-electron chi connectivity index (χ3n) is 2.35. The fourth-order valence-electron chi connectivity index (χ4n) is 1.63. The lowest BCUT2D eigenvalue weighted by molar-refractivity contribution is 0.0697. The maximum Gasteiger partial charge on any atom is 0.338 e. The van der Waals surface area contributed by atoms with Crippen molar-refractivity contribution < 1.29 is 9.90 Å². The molecule has 0 heterocycles. The monoisotopic (exact) mass is 285 g/mol. The first kappa shape index (κ1) is 13.0. The molecule has 0 radical (unpaired) electrons. The average molecular weight is 286 g/mol. The highest BCUT2D eigenvalue weighted by molar-refractivity contribution is 9.10. The van der Waals surface area contributed by atoms with Crippen molar-refractivity contribution in [3.05, 3.63) is 28.2 Å². The molecule has 0 aliphatic carbocycles. The van der Waals surface area contributed by atoms with Gasteiger partial charge in [-0.1, -0.05) is 19.4 Å². The molecular weight excluding hydrogens is 270 g/mol. The van der Waals surface area contributed by atoms with Crippen LogP contribution in [0.5, 0.6) is 0 Å². The fraction of sp³-hybridized carbons (Fsp3) is 0.417. The van der Waals surface area contributed by atoms with Crippen molar-refractivity contribution in [3.63, 3.8) is 0 Å². The van der Waals surface area contributed by atoms with Crippen LogP contribution in [0.2, 0.25) is 0 Å². The lowest BCUT2D eigenvalue weighted by Gasteiger charge is -2.16. The van der Waals surface area contributed by atoms with E-state index in [-0.39, 0.29) is 6.04 Å². The zero-order valence-electron chi connectivity index (χ0n) is 9.46. The lowest BCUT2D eigenvalue weighted by Crippen LogP contribution is -2.17. The number of aromatic carboxylic acids is 1. The van der Waals surface area contributed by atoms with Crippen LogP contribution in [0.15, 0.2) is 22.7 Å². The number of carboxylic acids is 1. The summed E-state index contributed by atoms with van der Waals surface area (Å²) in [4.78, 5) is 11.1. The summed E-state index contributed by atoms with van der Waals surface area (Å²) in [7, 11) is 0. The fourth-order valence-corrected chi connectivity index (χ4v) is 2.17. The van der Waals surface area contributed by atoms with Crippen molar-refractivity contribution in [2.24, 2.45) is 0 Å². The van der Waals surface area contributed by atoms with Gasteiger partial charge in [0.1, 0.15) is 0 Å². The molecule has 1 aromatic carbocycles. The Kier molecular flexibility index (Phi) is 4.80. The number of carboxylic acid groups (broad SMARTS) is 1. The van der Waals surface area contributed by atoms with Gasteiger partial charge in [-0.15, -0.1) is 0 Å². The van der Waals surface area contributed by atoms with Crippen LogP contribution in [0, 0.1) is 0 Å². The number of rotatable bonds is 5. The van der Waals surface area contributed by atoms with Gasteiger partial charge in [-0.3, -0.25) is 0 Å². The summed E-state index contributed by atoms with van der Waals surface area (Å²) in [5, 5.41) is 12.3. The summed E-state index contributed by atoms with van der Waals surface area (Å²) in [5.74, 6) is -0.918. The summed E-state index contributed by atoms with van der Waals surface area (Å²) in [6.45, 7) is 4.16. The normalized spacial score (nSPS) is 12.2. The van der Waals surface area contributed by atoms with Crippen LogP contribution < -0.4 is 5.32 Å². The Labute approximate surface area is 104 Å². The van der Waals surface area contributed by atoms with Crippen molar-refractivity contribution in [3.8, 4) is 0 Å². The second kappa shape index (κ2) is 5.89. The highest BCUT2D eigenvalue weighted by Gasteiger charge is 2.14. The number of hydrogen-bond acceptors (Lipinski definition) is 2. The summed E-state index contributed by atoms with van der Waals surface area (Å²) in [5.41, 5.74) is 0.966. The van der Waals surface area contributed by atoms with Crippen molar-refractivity contribution >= 4 is 27.6 Å². The molecule has 0 aliphatic rings. The molecule has 1 aromatic rings. The van der Waals surface area contributed by atoms with Crippen LogP contribution in [0.4, 0.5) is 5.69 Å². The third kappa shape index (κ3) is 3.23. The number of hydrogen-bond donors (Lipinski definition) is 2.